The lowest BCUT2D eigenvalue weighted by Gasteiger charge is -2.27. The number of aldehydes is 1. The van der Waals surface area contributed by atoms with Crippen molar-refractivity contribution in [2.24, 2.45) is 5.92 Å². The van der Waals surface area contributed by atoms with Gasteiger partial charge in [-0.1, -0.05) is 13.8 Å². The number of rotatable bonds is 7. The molecule has 0 fully saturated rings. The molecule has 1 aromatic heterocycles. The molecule has 0 saturated heterocycles. The monoisotopic (exact) mass is 249 g/mol. The van der Waals surface area contributed by atoms with E-state index < -0.39 is 0 Å². The molecule has 0 spiro atoms. The van der Waals surface area contributed by atoms with Crippen LogP contribution in [0, 0.1) is 5.92 Å². The van der Waals surface area contributed by atoms with Gasteiger partial charge in [0.2, 0.25) is 0 Å². The lowest BCUT2D eigenvalue weighted by Crippen LogP contribution is -2.35. The number of likely N-dealkylation sites (N-methyl/N-ethyl adjacent to an activating group) is 1. The summed E-state index contributed by atoms with van der Waals surface area (Å²) in [6, 6.07) is 3.62. The van der Waals surface area contributed by atoms with Crippen LogP contribution < -0.4 is 4.90 Å². The van der Waals surface area contributed by atoms with Crippen molar-refractivity contribution in [3.63, 3.8) is 0 Å². The van der Waals surface area contributed by atoms with Crippen LogP contribution in [0.25, 0.3) is 0 Å². The molecule has 0 radical (unpaired) electrons. The van der Waals surface area contributed by atoms with Gasteiger partial charge >= 0.3 is 0 Å². The molecule has 0 atom stereocenters. The van der Waals surface area contributed by atoms with Crippen molar-refractivity contribution < 1.29 is 4.79 Å². The summed E-state index contributed by atoms with van der Waals surface area (Å²) in [6.45, 7) is 7.08. The fraction of sp³-hybridized carbons (Fsp3) is 0.571. The summed E-state index contributed by atoms with van der Waals surface area (Å²) >= 11 is 0. The molecule has 0 aliphatic rings. The molecule has 0 saturated carbocycles. The van der Waals surface area contributed by atoms with Gasteiger partial charge in [0.15, 0.2) is 6.29 Å². The third-order valence-corrected chi connectivity index (χ3v) is 2.65. The van der Waals surface area contributed by atoms with Gasteiger partial charge in [-0.25, -0.2) is 4.98 Å². The molecule has 0 bridgehead atoms. The zero-order valence-electron chi connectivity index (χ0n) is 11.8. The van der Waals surface area contributed by atoms with Crippen LogP contribution in [0.15, 0.2) is 18.3 Å². The maximum absolute atomic E-state index is 11.1. The molecule has 1 rings (SSSR count). The van der Waals surface area contributed by atoms with E-state index in [0.29, 0.717) is 11.5 Å². The van der Waals surface area contributed by atoms with Crippen molar-refractivity contribution in [2.45, 2.75) is 13.8 Å². The summed E-state index contributed by atoms with van der Waals surface area (Å²) in [5.41, 5.74) is 0.664. The highest BCUT2D eigenvalue weighted by Gasteiger charge is 2.13. The van der Waals surface area contributed by atoms with Crippen LogP contribution >= 0.6 is 0 Å². The first-order valence-electron chi connectivity index (χ1n) is 6.34. The minimum Gasteiger partial charge on any atom is -0.354 e. The molecule has 1 heterocycles. The average Bonchev–Trinajstić information content (AvgIpc) is 2.33. The molecule has 0 unspecified atom stereocenters. The van der Waals surface area contributed by atoms with Gasteiger partial charge in [0.1, 0.15) is 5.82 Å². The molecule has 0 aromatic carbocycles. The quantitative estimate of drug-likeness (QED) is 0.692. The standard InChI is InChI=1S/C14H23N3O/c1-12(2)10-17(9-8-16(3)4)14-13(11-18)6-5-7-15-14/h5-7,11-12H,8-10H2,1-4H3. The third-order valence-electron chi connectivity index (χ3n) is 2.65. The van der Waals surface area contributed by atoms with Crippen molar-refractivity contribution in [1.29, 1.82) is 0 Å². The van der Waals surface area contributed by atoms with E-state index in [-0.39, 0.29) is 0 Å². The lowest BCUT2D eigenvalue weighted by atomic mass is 10.2. The largest absolute Gasteiger partial charge is 0.354 e. The topological polar surface area (TPSA) is 36.4 Å². The van der Waals surface area contributed by atoms with Crippen LogP contribution in [0.3, 0.4) is 0 Å². The number of carbonyl (C=O) groups is 1. The van der Waals surface area contributed by atoms with E-state index in [0.717, 1.165) is 31.7 Å². The Morgan fingerprint density at radius 2 is 2.06 bits per heavy atom. The predicted molar refractivity (Wildman–Crippen MR) is 75.2 cm³/mol. The first-order chi connectivity index (χ1) is 8.54. The highest BCUT2D eigenvalue weighted by molar-refractivity contribution is 5.82. The summed E-state index contributed by atoms with van der Waals surface area (Å²) in [6.07, 6.45) is 2.62. The van der Waals surface area contributed by atoms with Gasteiger partial charge in [-0.05, 0) is 32.1 Å². The van der Waals surface area contributed by atoms with E-state index in [1.54, 1.807) is 12.3 Å². The Kier molecular flexibility index (Phi) is 5.78. The van der Waals surface area contributed by atoms with Crippen molar-refractivity contribution in [2.75, 3.05) is 38.6 Å². The Hall–Kier alpha value is -1.42. The van der Waals surface area contributed by atoms with Crippen molar-refractivity contribution >= 4 is 12.1 Å². The zero-order chi connectivity index (χ0) is 13.5. The Morgan fingerprint density at radius 3 is 2.61 bits per heavy atom. The molecule has 1 aromatic rings. The normalized spacial score (nSPS) is 11.0. The summed E-state index contributed by atoms with van der Waals surface area (Å²) in [5.74, 6) is 1.33. The molecule has 0 aliphatic carbocycles. The molecule has 4 nitrogen and oxygen atoms in total. The van der Waals surface area contributed by atoms with E-state index in [9.17, 15) is 4.79 Å². The highest BCUT2D eigenvalue weighted by Crippen LogP contribution is 2.16. The fourth-order valence-corrected chi connectivity index (χ4v) is 1.81. The van der Waals surface area contributed by atoms with Gasteiger partial charge in [0.05, 0.1) is 5.56 Å². The Morgan fingerprint density at radius 1 is 1.33 bits per heavy atom. The number of pyridine rings is 1. The van der Waals surface area contributed by atoms with Crippen LogP contribution in [0.1, 0.15) is 24.2 Å². The minimum atomic E-state index is 0.536. The van der Waals surface area contributed by atoms with Crippen molar-refractivity contribution in [3.8, 4) is 0 Å². The van der Waals surface area contributed by atoms with Crippen molar-refractivity contribution in [3.05, 3.63) is 23.9 Å². The lowest BCUT2D eigenvalue weighted by molar-refractivity contribution is 0.112. The van der Waals surface area contributed by atoms with Crippen LogP contribution in [-0.2, 0) is 0 Å². The maximum Gasteiger partial charge on any atom is 0.153 e. The first-order valence-corrected chi connectivity index (χ1v) is 6.34. The Balaban J connectivity index is 2.89. The number of hydrogen-bond donors (Lipinski definition) is 0. The molecule has 18 heavy (non-hydrogen) atoms. The summed E-state index contributed by atoms with van der Waals surface area (Å²) in [5, 5.41) is 0. The molecule has 0 aliphatic heterocycles. The van der Waals surface area contributed by atoms with Crippen LogP contribution in [-0.4, -0.2) is 49.9 Å². The third kappa shape index (κ3) is 4.45. The fourth-order valence-electron chi connectivity index (χ4n) is 1.81. The van der Waals surface area contributed by atoms with Crippen molar-refractivity contribution in [1.82, 2.24) is 9.88 Å². The minimum absolute atomic E-state index is 0.536. The second kappa shape index (κ2) is 7.11. The van der Waals surface area contributed by atoms with Gasteiger partial charge in [0.25, 0.3) is 0 Å². The molecule has 0 amide bonds. The predicted octanol–water partition coefficient (Wildman–Crippen LogP) is 1.92. The van der Waals surface area contributed by atoms with Gasteiger partial charge in [-0.3, -0.25) is 4.79 Å². The average molecular weight is 249 g/mol. The molecular formula is C14H23N3O. The molecule has 100 valence electrons. The number of nitrogens with zero attached hydrogens (tertiary/aromatic N) is 3. The second-order valence-corrected chi connectivity index (χ2v) is 5.18. The zero-order valence-corrected chi connectivity index (χ0v) is 11.8. The van der Waals surface area contributed by atoms with E-state index in [2.05, 4.69) is 28.6 Å². The number of hydrogen-bond acceptors (Lipinski definition) is 4. The van der Waals surface area contributed by atoms with Crippen LogP contribution in [0.4, 0.5) is 5.82 Å². The van der Waals surface area contributed by atoms with Crippen LogP contribution in [0.5, 0.6) is 0 Å². The second-order valence-electron chi connectivity index (χ2n) is 5.18. The molecular weight excluding hydrogens is 226 g/mol. The highest BCUT2D eigenvalue weighted by atomic mass is 16.1. The van der Waals surface area contributed by atoms with Crippen LogP contribution in [0.2, 0.25) is 0 Å². The van der Waals surface area contributed by atoms with Gasteiger partial charge in [-0.15, -0.1) is 0 Å². The summed E-state index contributed by atoms with van der Waals surface area (Å²) in [7, 11) is 4.10. The number of aromatic nitrogens is 1. The SMILES string of the molecule is CC(C)CN(CCN(C)C)c1ncccc1C=O. The number of anilines is 1. The van der Waals surface area contributed by atoms with Gasteiger partial charge in [-0.2, -0.15) is 0 Å². The van der Waals surface area contributed by atoms with Gasteiger partial charge < -0.3 is 9.80 Å². The van der Waals surface area contributed by atoms with E-state index in [4.69, 9.17) is 0 Å². The Bertz CT molecular complexity index is 377. The number of carbonyl (C=O) groups excluding carboxylic acids is 1. The van der Waals surface area contributed by atoms with E-state index in [1.165, 1.54) is 0 Å². The molecule has 4 heteroatoms. The van der Waals surface area contributed by atoms with E-state index in [1.807, 2.05) is 20.2 Å². The van der Waals surface area contributed by atoms with E-state index >= 15 is 0 Å². The summed E-state index contributed by atoms with van der Waals surface area (Å²) < 4.78 is 0. The Labute approximate surface area is 110 Å². The smallest absolute Gasteiger partial charge is 0.153 e. The van der Waals surface area contributed by atoms with Gasteiger partial charge in [0, 0.05) is 25.8 Å². The summed E-state index contributed by atoms with van der Waals surface area (Å²) in [4.78, 5) is 19.8. The maximum atomic E-state index is 11.1. The first kappa shape index (κ1) is 14.6. The molecule has 0 N–H and O–H groups in total.